The highest BCUT2D eigenvalue weighted by molar-refractivity contribution is 6.10. The number of esters is 1. The van der Waals surface area contributed by atoms with Gasteiger partial charge in [0.2, 0.25) is 0 Å². The summed E-state index contributed by atoms with van der Waals surface area (Å²) in [7, 11) is 0. The number of rotatable bonds is 4. The number of carbonyl (C=O) groups is 2. The van der Waals surface area contributed by atoms with Gasteiger partial charge in [0.25, 0.3) is 5.91 Å². The fourth-order valence-electron chi connectivity index (χ4n) is 3.53. The maximum absolute atomic E-state index is 14.6. The standard InChI is InChI=1S/C21H18FN3O3/c1-3-28-21(27)13-8-10-14(11-9-13)25-19(15-6-4-5-7-16(15)22)17-12(2)23-24-18(17)20(25)26/h4-11,19H,3H2,1-2H3,(H,23,24)/t19-/m0/s1. The number of aromatic amines is 1. The van der Waals surface area contributed by atoms with Gasteiger partial charge in [0, 0.05) is 22.5 Å². The monoisotopic (exact) mass is 379 g/mol. The summed E-state index contributed by atoms with van der Waals surface area (Å²) < 4.78 is 19.6. The molecule has 1 aliphatic rings. The number of halogens is 1. The third-order valence-corrected chi connectivity index (χ3v) is 4.80. The zero-order valence-corrected chi connectivity index (χ0v) is 15.4. The quantitative estimate of drug-likeness (QED) is 0.700. The molecule has 4 rings (SSSR count). The van der Waals surface area contributed by atoms with Crippen molar-refractivity contribution in [1.29, 1.82) is 0 Å². The fraction of sp³-hybridized carbons (Fsp3) is 0.190. The van der Waals surface area contributed by atoms with Crippen LogP contribution in [-0.2, 0) is 4.74 Å². The van der Waals surface area contributed by atoms with Crippen molar-refractivity contribution >= 4 is 17.6 Å². The summed E-state index contributed by atoms with van der Waals surface area (Å²) in [6.07, 6.45) is 0. The number of hydrogen-bond donors (Lipinski definition) is 1. The molecule has 7 heteroatoms. The molecule has 0 spiro atoms. The maximum atomic E-state index is 14.6. The van der Waals surface area contributed by atoms with Crippen molar-refractivity contribution in [2.45, 2.75) is 19.9 Å². The number of carbonyl (C=O) groups excluding carboxylic acids is 2. The minimum Gasteiger partial charge on any atom is -0.462 e. The molecule has 2 aromatic carbocycles. The highest BCUT2D eigenvalue weighted by Crippen LogP contribution is 2.42. The van der Waals surface area contributed by atoms with Gasteiger partial charge in [0.15, 0.2) is 5.69 Å². The molecule has 0 saturated carbocycles. The number of H-pyrrole nitrogens is 1. The molecule has 1 N–H and O–H groups in total. The zero-order chi connectivity index (χ0) is 19.8. The smallest absolute Gasteiger partial charge is 0.338 e. The largest absolute Gasteiger partial charge is 0.462 e. The summed E-state index contributed by atoms with van der Waals surface area (Å²) in [5, 5.41) is 6.93. The Labute approximate surface area is 160 Å². The Hall–Kier alpha value is -3.48. The predicted octanol–water partition coefficient (Wildman–Crippen LogP) is 3.78. The first-order chi connectivity index (χ1) is 13.5. The van der Waals surface area contributed by atoms with Gasteiger partial charge < -0.3 is 4.74 Å². The van der Waals surface area contributed by atoms with Crippen LogP contribution in [0.5, 0.6) is 0 Å². The first-order valence-corrected chi connectivity index (χ1v) is 8.93. The van der Waals surface area contributed by atoms with E-state index in [9.17, 15) is 14.0 Å². The van der Waals surface area contributed by atoms with E-state index in [1.807, 2.05) is 0 Å². The lowest BCUT2D eigenvalue weighted by atomic mass is 9.98. The molecule has 28 heavy (non-hydrogen) atoms. The molecule has 3 aromatic rings. The number of benzene rings is 2. The van der Waals surface area contributed by atoms with Crippen LogP contribution in [0.1, 0.15) is 50.6 Å². The van der Waals surface area contributed by atoms with E-state index in [0.717, 1.165) is 0 Å². The summed E-state index contributed by atoms with van der Waals surface area (Å²) in [6, 6.07) is 12.2. The first kappa shape index (κ1) is 17.9. The van der Waals surface area contributed by atoms with Gasteiger partial charge >= 0.3 is 5.97 Å². The van der Waals surface area contributed by atoms with Crippen LogP contribution < -0.4 is 4.90 Å². The van der Waals surface area contributed by atoms with Gasteiger partial charge in [-0.3, -0.25) is 14.8 Å². The third kappa shape index (κ3) is 2.76. The van der Waals surface area contributed by atoms with E-state index in [4.69, 9.17) is 4.74 Å². The molecule has 0 bridgehead atoms. The van der Waals surface area contributed by atoms with Crippen LogP contribution in [0.3, 0.4) is 0 Å². The molecule has 1 aromatic heterocycles. The second kappa shape index (κ2) is 6.92. The Morgan fingerprint density at radius 2 is 1.93 bits per heavy atom. The fourth-order valence-corrected chi connectivity index (χ4v) is 3.53. The predicted molar refractivity (Wildman–Crippen MR) is 101 cm³/mol. The molecule has 1 atom stereocenters. The Morgan fingerprint density at radius 3 is 2.61 bits per heavy atom. The minimum absolute atomic E-state index is 0.278. The Kier molecular flexibility index (Phi) is 4.43. The summed E-state index contributed by atoms with van der Waals surface area (Å²) in [5.41, 5.74) is 2.96. The Balaban J connectivity index is 1.80. The molecule has 1 aliphatic heterocycles. The van der Waals surface area contributed by atoms with Gasteiger partial charge in [-0.25, -0.2) is 9.18 Å². The van der Waals surface area contributed by atoms with Crippen LogP contribution >= 0.6 is 0 Å². The highest BCUT2D eigenvalue weighted by atomic mass is 19.1. The van der Waals surface area contributed by atoms with Crippen LogP contribution in [0.25, 0.3) is 0 Å². The van der Waals surface area contributed by atoms with E-state index >= 15 is 0 Å². The number of ether oxygens (including phenoxy) is 1. The number of anilines is 1. The maximum Gasteiger partial charge on any atom is 0.338 e. The van der Waals surface area contributed by atoms with Gasteiger partial charge in [0.05, 0.1) is 18.2 Å². The van der Waals surface area contributed by atoms with Crippen molar-refractivity contribution in [3.05, 3.63) is 82.4 Å². The van der Waals surface area contributed by atoms with Gasteiger partial charge in [-0.2, -0.15) is 5.10 Å². The number of aromatic nitrogens is 2. The molecule has 0 unspecified atom stereocenters. The molecular formula is C21H18FN3O3. The van der Waals surface area contributed by atoms with Crippen molar-refractivity contribution in [3.63, 3.8) is 0 Å². The lowest BCUT2D eigenvalue weighted by Crippen LogP contribution is -2.30. The summed E-state index contributed by atoms with van der Waals surface area (Å²) >= 11 is 0. The molecule has 0 fully saturated rings. The van der Waals surface area contributed by atoms with Crippen LogP contribution in [0, 0.1) is 12.7 Å². The van der Waals surface area contributed by atoms with Crippen molar-refractivity contribution in [2.75, 3.05) is 11.5 Å². The molecule has 6 nitrogen and oxygen atoms in total. The molecule has 0 saturated heterocycles. The SMILES string of the molecule is CCOC(=O)c1ccc(N2C(=O)c3n[nH]c(C)c3[C@@H]2c2ccccc2F)cc1. The molecule has 142 valence electrons. The average molecular weight is 379 g/mol. The molecular weight excluding hydrogens is 361 g/mol. The topological polar surface area (TPSA) is 75.3 Å². The van der Waals surface area contributed by atoms with E-state index in [2.05, 4.69) is 10.2 Å². The number of hydrogen-bond acceptors (Lipinski definition) is 4. The van der Waals surface area contributed by atoms with E-state index in [1.165, 1.54) is 11.0 Å². The second-order valence-electron chi connectivity index (χ2n) is 6.48. The second-order valence-corrected chi connectivity index (χ2v) is 6.48. The summed E-state index contributed by atoms with van der Waals surface area (Å²) in [4.78, 5) is 26.4. The van der Waals surface area contributed by atoms with E-state index in [0.29, 0.717) is 28.1 Å². The molecule has 1 amide bonds. The zero-order valence-electron chi connectivity index (χ0n) is 15.4. The third-order valence-electron chi connectivity index (χ3n) is 4.80. The molecule has 0 radical (unpaired) electrons. The van der Waals surface area contributed by atoms with Crippen LogP contribution in [0.4, 0.5) is 10.1 Å². The summed E-state index contributed by atoms with van der Waals surface area (Å²) in [6.45, 7) is 3.82. The normalized spacial score (nSPS) is 15.6. The average Bonchev–Trinajstić information content (AvgIpc) is 3.21. The molecule has 2 heterocycles. The lowest BCUT2D eigenvalue weighted by Gasteiger charge is -2.26. The van der Waals surface area contributed by atoms with E-state index in [1.54, 1.807) is 56.3 Å². The van der Waals surface area contributed by atoms with Crippen molar-refractivity contribution in [1.82, 2.24) is 10.2 Å². The van der Waals surface area contributed by atoms with Gasteiger partial charge in [0.1, 0.15) is 5.82 Å². The summed E-state index contributed by atoms with van der Waals surface area (Å²) in [5.74, 6) is -1.16. The highest BCUT2D eigenvalue weighted by Gasteiger charge is 2.43. The van der Waals surface area contributed by atoms with Crippen LogP contribution in [-0.4, -0.2) is 28.7 Å². The van der Waals surface area contributed by atoms with E-state index < -0.39 is 17.8 Å². The van der Waals surface area contributed by atoms with Crippen molar-refractivity contribution < 1.29 is 18.7 Å². The number of amides is 1. The number of nitrogens with zero attached hydrogens (tertiary/aromatic N) is 2. The van der Waals surface area contributed by atoms with Crippen LogP contribution in [0.2, 0.25) is 0 Å². The van der Waals surface area contributed by atoms with Crippen molar-refractivity contribution in [2.24, 2.45) is 0 Å². The van der Waals surface area contributed by atoms with Gasteiger partial charge in [-0.05, 0) is 44.2 Å². The number of aryl methyl sites for hydroxylation is 1. The van der Waals surface area contributed by atoms with Crippen LogP contribution in [0.15, 0.2) is 48.5 Å². The number of nitrogens with one attached hydrogen (secondary N) is 1. The Morgan fingerprint density at radius 1 is 1.21 bits per heavy atom. The molecule has 0 aliphatic carbocycles. The van der Waals surface area contributed by atoms with E-state index in [-0.39, 0.29) is 18.2 Å². The number of fused-ring (bicyclic) bond motifs is 1. The Bertz CT molecular complexity index is 1060. The van der Waals surface area contributed by atoms with Crippen molar-refractivity contribution in [3.8, 4) is 0 Å². The van der Waals surface area contributed by atoms with Gasteiger partial charge in [-0.15, -0.1) is 0 Å². The minimum atomic E-state index is -0.643. The van der Waals surface area contributed by atoms with Gasteiger partial charge in [-0.1, -0.05) is 18.2 Å². The first-order valence-electron chi connectivity index (χ1n) is 8.93. The lowest BCUT2D eigenvalue weighted by molar-refractivity contribution is 0.0526.